The minimum absolute atomic E-state index is 0.154. The van der Waals surface area contributed by atoms with E-state index < -0.39 is 11.9 Å². The molecule has 0 unspecified atom stereocenters. The number of halogens is 1. The lowest BCUT2D eigenvalue weighted by Crippen LogP contribution is -2.30. The summed E-state index contributed by atoms with van der Waals surface area (Å²) < 4.78 is 12.5. The molecule has 1 N–H and O–H groups in total. The summed E-state index contributed by atoms with van der Waals surface area (Å²) >= 11 is 3.54. The maximum absolute atomic E-state index is 12.4. The normalized spacial score (nSPS) is 14.8. The lowest BCUT2D eigenvalue weighted by atomic mass is 10.1. The van der Waals surface area contributed by atoms with E-state index in [-0.39, 0.29) is 12.2 Å². The Labute approximate surface area is 184 Å². The summed E-state index contributed by atoms with van der Waals surface area (Å²) in [6.07, 6.45) is 3.12. The van der Waals surface area contributed by atoms with Gasteiger partial charge in [-0.25, -0.2) is 4.79 Å². The standard InChI is InChI=1S/C23H23BrN2O4/c1-4-9-26-22(27)19(25-23(26)28)12-17-11-18(24)21(20(13-17)29-5-2)30-14-16-8-6-7-15(3)10-16/h4,6-8,10-13H,1,5,9,14H2,2-3H3,(H,25,28)/b19-12+. The molecule has 1 fully saturated rings. The summed E-state index contributed by atoms with van der Waals surface area (Å²) in [5, 5.41) is 2.59. The van der Waals surface area contributed by atoms with Crippen LogP contribution in [0.3, 0.4) is 0 Å². The Balaban J connectivity index is 1.87. The summed E-state index contributed by atoms with van der Waals surface area (Å²) in [6, 6.07) is 11.2. The van der Waals surface area contributed by atoms with Crippen molar-refractivity contribution in [2.24, 2.45) is 0 Å². The van der Waals surface area contributed by atoms with Crippen molar-refractivity contribution in [3.63, 3.8) is 0 Å². The number of ether oxygens (including phenoxy) is 2. The topological polar surface area (TPSA) is 67.9 Å². The maximum Gasteiger partial charge on any atom is 0.329 e. The first-order chi connectivity index (χ1) is 14.4. The average molecular weight is 471 g/mol. The number of imide groups is 1. The van der Waals surface area contributed by atoms with Crippen LogP contribution in [0.4, 0.5) is 4.79 Å². The summed E-state index contributed by atoms with van der Waals surface area (Å²) in [6.45, 7) is 8.49. The number of carbonyl (C=O) groups excluding carboxylic acids is 2. The Morgan fingerprint density at radius 2 is 2.00 bits per heavy atom. The molecule has 7 heteroatoms. The molecule has 1 heterocycles. The molecular formula is C23H23BrN2O4. The van der Waals surface area contributed by atoms with Gasteiger partial charge in [0.05, 0.1) is 11.1 Å². The summed E-state index contributed by atoms with van der Waals surface area (Å²) in [5.41, 5.74) is 3.11. The van der Waals surface area contributed by atoms with E-state index in [9.17, 15) is 9.59 Å². The van der Waals surface area contributed by atoms with E-state index in [4.69, 9.17) is 9.47 Å². The highest BCUT2D eigenvalue weighted by molar-refractivity contribution is 9.10. The number of hydrogen-bond donors (Lipinski definition) is 1. The third-order valence-corrected chi connectivity index (χ3v) is 4.97. The lowest BCUT2D eigenvalue weighted by Gasteiger charge is -2.15. The molecule has 1 aliphatic rings. The van der Waals surface area contributed by atoms with E-state index in [1.165, 1.54) is 6.08 Å². The van der Waals surface area contributed by atoms with Gasteiger partial charge in [-0.3, -0.25) is 9.69 Å². The SMILES string of the molecule is C=CCN1C(=O)N/C(=C/c2cc(Br)c(OCc3cccc(C)c3)c(OCC)c2)C1=O. The van der Waals surface area contributed by atoms with Crippen molar-refractivity contribution in [3.8, 4) is 11.5 Å². The van der Waals surface area contributed by atoms with Crippen molar-refractivity contribution in [2.75, 3.05) is 13.2 Å². The van der Waals surface area contributed by atoms with Crippen LogP contribution in [0.15, 0.2) is 59.2 Å². The first kappa shape index (κ1) is 21.6. The van der Waals surface area contributed by atoms with Crippen molar-refractivity contribution in [2.45, 2.75) is 20.5 Å². The van der Waals surface area contributed by atoms with Crippen molar-refractivity contribution < 1.29 is 19.1 Å². The van der Waals surface area contributed by atoms with Gasteiger partial charge in [-0.15, -0.1) is 6.58 Å². The molecule has 0 atom stereocenters. The molecule has 2 aromatic carbocycles. The van der Waals surface area contributed by atoms with Gasteiger partial charge in [-0.2, -0.15) is 0 Å². The number of urea groups is 1. The van der Waals surface area contributed by atoms with Gasteiger partial charge in [-0.1, -0.05) is 35.9 Å². The van der Waals surface area contributed by atoms with Gasteiger partial charge in [0.1, 0.15) is 12.3 Å². The molecule has 3 rings (SSSR count). The number of benzene rings is 2. The second-order valence-corrected chi connectivity index (χ2v) is 7.59. The van der Waals surface area contributed by atoms with Crippen LogP contribution in [0, 0.1) is 6.92 Å². The van der Waals surface area contributed by atoms with Gasteiger partial charge >= 0.3 is 6.03 Å². The van der Waals surface area contributed by atoms with Crippen LogP contribution in [-0.2, 0) is 11.4 Å². The Hall–Kier alpha value is -3.06. The van der Waals surface area contributed by atoms with E-state index in [0.717, 1.165) is 16.0 Å². The van der Waals surface area contributed by atoms with Crippen molar-refractivity contribution in [1.82, 2.24) is 10.2 Å². The second-order valence-electron chi connectivity index (χ2n) is 6.73. The van der Waals surface area contributed by atoms with E-state index in [1.54, 1.807) is 12.1 Å². The highest BCUT2D eigenvalue weighted by atomic mass is 79.9. The number of hydrogen-bond acceptors (Lipinski definition) is 4. The fourth-order valence-electron chi connectivity index (χ4n) is 3.06. The maximum atomic E-state index is 12.4. The Morgan fingerprint density at radius 3 is 2.70 bits per heavy atom. The quantitative estimate of drug-likeness (QED) is 0.341. The lowest BCUT2D eigenvalue weighted by molar-refractivity contribution is -0.122. The van der Waals surface area contributed by atoms with Crippen molar-refractivity contribution in [1.29, 1.82) is 0 Å². The van der Waals surface area contributed by atoms with E-state index in [2.05, 4.69) is 33.9 Å². The van der Waals surface area contributed by atoms with Crippen molar-refractivity contribution in [3.05, 3.63) is 75.9 Å². The fraction of sp³-hybridized carbons (Fsp3) is 0.217. The average Bonchev–Trinajstić information content (AvgIpc) is 2.95. The molecule has 0 radical (unpaired) electrons. The molecule has 156 valence electrons. The predicted octanol–water partition coefficient (Wildman–Crippen LogP) is 4.81. The van der Waals surface area contributed by atoms with Gasteiger partial charge in [0.25, 0.3) is 5.91 Å². The van der Waals surface area contributed by atoms with Gasteiger partial charge in [0.15, 0.2) is 11.5 Å². The minimum atomic E-state index is -0.464. The monoisotopic (exact) mass is 470 g/mol. The first-order valence-corrected chi connectivity index (χ1v) is 10.3. The molecule has 0 spiro atoms. The molecule has 30 heavy (non-hydrogen) atoms. The van der Waals surface area contributed by atoms with Crippen LogP contribution >= 0.6 is 15.9 Å². The molecule has 3 amide bonds. The number of carbonyl (C=O) groups is 2. The van der Waals surface area contributed by atoms with E-state index in [1.807, 2.05) is 38.1 Å². The van der Waals surface area contributed by atoms with Crippen LogP contribution in [0.25, 0.3) is 6.08 Å². The Bertz CT molecular complexity index is 1020. The number of aryl methyl sites for hydroxylation is 1. The summed E-state index contributed by atoms with van der Waals surface area (Å²) in [4.78, 5) is 25.5. The van der Waals surface area contributed by atoms with Gasteiger partial charge in [-0.05, 0) is 59.1 Å². The first-order valence-electron chi connectivity index (χ1n) is 9.53. The van der Waals surface area contributed by atoms with Gasteiger partial charge in [0, 0.05) is 6.54 Å². The van der Waals surface area contributed by atoms with Crippen LogP contribution in [0.2, 0.25) is 0 Å². The van der Waals surface area contributed by atoms with Crippen LogP contribution in [0.1, 0.15) is 23.6 Å². The molecule has 0 aliphatic carbocycles. The summed E-state index contributed by atoms with van der Waals surface area (Å²) in [7, 11) is 0. The molecule has 0 bridgehead atoms. The van der Waals surface area contributed by atoms with Gasteiger partial charge < -0.3 is 14.8 Å². The molecule has 0 saturated carbocycles. The molecule has 1 saturated heterocycles. The molecule has 0 aromatic heterocycles. The molecule has 1 aliphatic heterocycles. The zero-order valence-electron chi connectivity index (χ0n) is 16.9. The third kappa shape index (κ3) is 4.91. The van der Waals surface area contributed by atoms with E-state index >= 15 is 0 Å². The highest BCUT2D eigenvalue weighted by Gasteiger charge is 2.32. The molecular weight excluding hydrogens is 448 g/mol. The van der Waals surface area contributed by atoms with Crippen LogP contribution in [0.5, 0.6) is 11.5 Å². The summed E-state index contributed by atoms with van der Waals surface area (Å²) in [5.74, 6) is 0.732. The zero-order chi connectivity index (χ0) is 21.7. The van der Waals surface area contributed by atoms with Crippen molar-refractivity contribution >= 4 is 33.9 Å². The number of rotatable bonds is 8. The fourth-order valence-corrected chi connectivity index (χ4v) is 3.64. The minimum Gasteiger partial charge on any atom is -0.490 e. The third-order valence-electron chi connectivity index (χ3n) is 4.38. The predicted molar refractivity (Wildman–Crippen MR) is 119 cm³/mol. The van der Waals surface area contributed by atoms with Crippen LogP contribution in [-0.4, -0.2) is 30.0 Å². The number of amides is 3. The Kier molecular flexibility index (Phi) is 6.95. The molecule has 2 aromatic rings. The van der Waals surface area contributed by atoms with Crippen LogP contribution < -0.4 is 14.8 Å². The van der Waals surface area contributed by atoms with E-state index in [0.29, 0.717) is 34.7 Å². The molecule has 6 nitrogen and oxygen atoms in total. The zero-order valence-corrected chi connectivity index (χ0v) is 18.5. The van der Waals surface area contributed by atoms with Gasteiger partial charge in [0.2, 0.25) is 0 Å². The smallest absolute Gasteiger partial charge is 0.329 e. The largest absolute Gasteiger partial charge is 0.490 e. The Morgan fingerprint density at radius 1 is 1.20 bits per heavy atom. The second kappa shape index (κ2) is 9.63. The highest BCUT2D eigenvalue weighted by Crippen LogP contribution is 2.38. The number of nitrogens with one attached hydrogen (secondary N) is 1. The number of nitrogens with zero attached hydrogens (tertiary/aromatic N) is 1.